The van der Waals surface area contributed by atoms with E-state index in [2.05, 4.69) is 5.32 Å². The molecule has 0 radical (unpaired) electrons. The number of benzene rings is 3. The number of imide groups is 2. The van der Waals surface area contributed by atoms with Gasteiger partial charge in [0.2, 0.25) is 0 Å². The summed E-state index contributed by atoms with van der Waals surface area (Å²) in [5, 5.41) is 24.0. The number of carbonyl (C=O) groups excluding carboxylic acids is 3. The molecule has 0 unspecified atom stereocenters. The van der Waals surface area contributed by atoms with Crippen molar-refractivity contribution < 1.29 is 29.0 Å². The number of nitro groups is 2. The molecule has 1 saturated heterocycles. The number of urea groups is 1. The van der Waals surface area contributed by atoms with Crippen LogP contribution in [0.25, 0.3) is 6.08 Å². The van der Waals surface area contributed by atoms with Crippen LogP contribution < -0.4 is 15.0 Å². The summed E-state index contributed by atoms with van der Waals surface area (Å²) >= 11 is 12.4. The van der Waals surface area contributed by atoms with Crippen molar-refractivity contribution in [3.8, 4) is 5.75 Å². The van der Waals surface area contributed by atoms with Crippen LogP contribution in [-0.4, -0.2) is 27.7 Å². The number of non-ortho nitro benzene ring substituents is 2. The molecule has 4 rings (SSSR count). The fourth-order valence-corrected chi connectivity index (χ4v) is 4.04. The topological polar surface area (TPSA) is 162 Å². The first-order valence-electron chi connectivity index (χ1n) is 10.6. The normalized spacial score (nSPS) is 14.4. The molecule has 1 aliphatic rings. The summed E-state index contributed by atoms with van der Waals surface area (Å²) in [5.74, 6) is -1.93. The fraction of sp³-hybridized carbons (Fsp3) is 0.0417. The number of rotatable bonds is 7. The van der Waals surface area contributed by atoms with Crippen molar-refractivity contribution >= 4 is 64.2 Å². The molecule has 3 aromatic carbocycles. The molecule has 1 heterocycles. The summed E-state index contributed by atoms with van der Waals surface area (Å²) in [7, 11) is 0. The van der Waals surface area contributed by atoms with E-state index in [1.54, 1.807) is 0 Å². The minimum atomic E-state index is -1.04. The Morgan fingerprint density at radius 2 is 1.47 bits per heavy atom. The highest BCUT2D eigenvalue weighted by Gasteiger charge is 2.37. The van der Waals surface area contributed by atoms with E-state index in [4.69, 9.17) is 27.9 Å². The first-order valence-corrected chi connectivity index (χ1v) is 11.3. The van der Waals surface area contributed by atoms with Crippen molar-refractivity contribution in [2.75, 3.05) is 4.90 Å². The quantitative estimate of drug-likeness (QED) is 0.183. The van der Waals surface area contributed by atoms with E-state index in [9.17, 15) is 34.6 Å². The highest BCUT2D eigenvalue weighted by molar-refractivity contribution is 6.40. The highest BCUT2D eigenvalue weighted by atomic mass is 35.5. The molecule has 0 bridgehead atoms. The third-order valence-corrected chi connectivity index (χ3v) is 5.79. The largest absolute Gasteiger partial charge is 0.487 e. The Labute approximate surface area is 223 Å². The summed E-state index contributed by atoms with van der Waals surface area (Å²) in [6.07, 6.45) is 1.14. The Kier molecular flexibility index (Phi) is 7.37. The van der Waals surface area contributed by atoms with Gasteiger partial charge in [-0.05, 0) is 48.0 Å². The number of carbonyl (C=O) groups is 3. The standard InChI is InChI=1S/C24H14Cl2N4O8/c25-15-9-14(21(20(26)11-15)38-12-13-1-3-17(4-2-13)29(34)35)10-19-22(31)27-24(33)28(23(19)32)16-5-7-18(8-6-16)30(36)37/h1-11H,12H2,(H,27,31,33)/b19-10+. The fourth-order valence-electron chi connectivity index (χ4n) is 3.48. The molecule has 3 aromatic rings. The van der Waals surface area contributed by atoms with Crippen LogP contribution in [0.2, 0.25) is 10.0 Å². The predicted octanol–water partition coefficient (Wildman–Crippen LogP) is 5.06. The van der Waals surface area contributed by atoms with Gasteiger partial charge in [0.1, 0.15) is 17.9 Å². The molecule has 14 heteroatoms. The van der Waals surface area contributed by atoms with E-state index in [1.807, 2.05) is 0 Å². The van der Waals surface area contributed by atoms with Gasteiger partial charge in [0.15, 0.2) is 0 Å². The smallest absolute Gasteiger partial charge is 0.335 e. The summed E-state index contributed by atoms with van der Waals surface area (Å²) in [6, 6.07) is 11.9. The van der Waals surface area contributed by atoms with Crippen LogP contribution in [0.1, 0.15) is 11.1 Å². The summed E-state index contributed by atoms with van der Waals surface area (Å²) < 4.78 is 5.80. The SMILES string of the molecule is O=C1NC(=O)N(c2ccc([N+](=O)[O-])cc2)C(=O)/C1=C/c1cc(Cl)cc(Cl)c1OCc1ccc([N+](=O)[O-])cc1. The Balaban J connectivity index is 1.67. The minimum Gasteiger partial charge on any atom is -0.487 e. The van der Waals surface area contributed by atoms with E-state index in [0.717, 1.165) is 18.2 Å². The van der Waals surface area contributed by atoms with Crippen molar-refractivity contribution in [1.82, 2.24) is 5.32 Å². The third-order valence-electron chi connectivity index (χ3n) is 5.29. The van der Waals surface area contributed by atoms with Crippen LogP contribution in [-0.2, 0) is 16.2 Å². The van der Waals surface area contributed by atoms with Crippen molar-refractivity contribution in [1.29, 1.82) is 0 Å². The zero-order valence-electron chi connectivity index (χ0n) is 18.9. The molecule has 0 spiro atoms. The lowest BCUT2D eigenvalue weighted by Gasteiger charge is -2.26. The van der Waals surface area contributed by atoms with Gasteiger partial charge in [-0.2, -0.15) is 0 Å². The van der Waals surface area contributed by atoms with Crippen molar-refractivity contribution in [3.63, 3.8) is 0 Å². The van der Waals surface area contributed by atoms with Crippen molar-refractivity contribution in [2.24, 2.45) is 0 Å². The molecule has 38 heavy (non-hydrogen) atoms. The van der Waals surface area contributed by atoms with Gasteiger partial charge >= 0.3 is 6.03 Å². The van der Waals surface area contributed by atoms with E-state index in [0.29, 0.717) is 10.5 Å². The Morgan fingerprint density at radius 1 is 0.895 bits per heavy atom. The Hall–Kier alpha value is -4.81. The number of barbiturate groups is 1. The van der Waals surface area contributed by atoms with Crippen molar-refractivity contribution in [3.05, 3.63) is 108 Å². The van der Waals surface area contributed by atoms with E-state index in [1.165, 1.54) is 48.5 Å². The predicted molar refractivity (Wildman–Crippen MR) is 136 cm³/mol. The molecular weight excluding hydrogens is 543 g/mol. The lowest BCUT2D eigenvalue weighted by molar-refractivity contribution is -0.385. The molecule has 12 nitrogen and oxygen atoms in total. The average Bonchev–Trinajstić information content (AvgIpc) is 2.86. The van der Waals surface area contributed by atoms with Crippen molar-refractivity contribution in [2.45, 2.75) is 6.61 Å². The number of amides is 4. The van der Waals surface area contributed by atoms with Gasteiger partial charge in [0.25, 0.3) is 23.2 Å². The van der Waals surface area contributed by atoms with Gasteiger partial charge in [-0.15, -0.1) is 0 Å². The average molecular weight is 557 g/mol. The highest BCUT2D eigenvalue weighted by Crippen LogP contribution is 2.35. The second kappa shape index (κ2) is 10.7. The number of hydrogen-bond acceptors (Lipinski definition) is 8. The van der Waals surface area contributed by atoms with Crippen LogP contribution in [0.3, 0.4) is 0 Å². The molecule has 0 atom stereocenters. The number of nitrogens with one attached hydrogen (secondary N) is 1. The lowest BCUT2D eigenvalue weighted by atomic mass is 10.1. The molecule has 0 aromatic heterocycles. The number of nitro benzene ring substituents is 2. The summed E-state index contributed by atoms with van der Waals surface area (Å²) in [6.45, 7) is -0.0664. The maximum Gasteiger partial charge on any atom is 0.335 e. The molecular formula is C24H14Cl2N4O8. The van der Waals surface area contributed by atoms with E-state index in [-0.39, 0.29) is 45.0 Å². The van der Waals surface area contributed by atoms with Crippen LogP contribution >= 0.6 is 23.2 Å². The van der Waals surface area contributed by atoms with E-state index < -0.39 is 33.3 Å². The van der Waals surface area contributed by atoms with Crippen LogP contribution in [0.4, 0.5) is 21.9 Å². The first kappa shape index (κ1) is 26.3. The van der Waals surface area contributed by atoms with Gasteiger partial charge in [-0.3, -0.25) is 35.1 Å². The molecule has 192 valence electrons. The number of hydrogen-bond donors (Lipinski definition) is 1. The number of anilines is 1. The lowest BCUT2D eigenvalue weighted by Crippen LogP contribution is -2.54. The van der Waals surface area contributed by atoms with Crippen LogP contribution in [0.15, 0.2) is 66.2 Å². The molecule has 0 saturated carbocycles. The molecule has 1 N–H and O–H groups in total. The Morgan fingerprint density at radius 3 is 2.05 bits per heavy atom. The van der Waals surface area contributed by atoms with Gasteiger partial charge in [-0.25, -0.2) is 9.69 Å². The van der Waals surface area contributed by atoms with Crippen LogP contribution in [0, 0.1) is 20.2 Å². The van der Waals surface area contributed by atoms with E-state index >= 15 is 0 Å². The maximum atomic E-state index is 13.2. The third kappa shape index (κ3) is 5.45. The number of ether oxygens (including phenoxy) is 1. The second-order valence-corrected chi connectivity index (χ2v) is 8.59. The van der Waals surface area contributed by atoms with Gasteiger partial charge in [-0.1, -0.05) is 23.2 Å². The number of nitrogens with zero attached hydrogens (tertiary/aromatic N) is 3. The summed E-state index contributed by atoms with van der Waals surface area (Å²) in [4.78, 5) is 59.5. The molecule has 1 fully saturated rings. The summed E-state index contributed by atoms with van der Waals surface area (Å²) in [5.41, 5.74) is -0.106. The Bertz CT molecular complexity index is 1520. The molecule has 1 aliphatic heterocycles. The number of halogens is 2. The zero-order valence-corrected chi connectivity index (χ0v) is 20.4. The van der Waals surface area contributed by atoms with Gasteiger partial charge < -0.3 is 4.74 Å². The van der Waals surface area contributed by atoms with Gasteiger partial charge in [0, 0.05) is 34.9 Å². The van der Waals surface area contributed by atoms with Gasteiger partial charge in [0.05, 0.1) is 20.6 Å². The second-order valence-electron chi connectivity index (χ2n) is 7.75. The maximum absolute atomic E-state index is 13.2. The zero-order chi connectivity index (χ0) is 27.6. The van der Waals surface area contributed by atoms with Crippen LogP contribution in [0.5, 0.6) is 5.75 Å². The monoisotopic (exact) mass is 556 g/mol. The first-order chi connectivity index (χ1) is 18.0. The minimum absolute atomic E-state index is 0.00438. The molecule has 0 aliphatic carbocycles. The molecule has 4 amide bonds.